The summed E-state index contributed by atoms with van der Waals surface area (Å²) in [7, 11) is 0. The maximum atomic E-state index is 13.7. The van der Waals surface area contributed by atoms with Gasteiger partial charge in [-0.3, -0.25) is 9.59 Å². The number of nitrogens with zero attached hydrogens (tertiary/aromatic N) is 1. The van der Waals surface area contributed by atoms with Crippen molar-refractivity contribution in [2.24, 2.45) is 0 Å². The third-order valence-electron chi connectivity index (χ3n) is 7.14. The molecule has 1 aliphatic carbocycles. The van der Waals surface area contributed by atoms with E-state index in [0.29, 0.717) is 19.4 Å². The van der Waals surface area contributed by atoms with E-state index in [2.05, 4.69) is 11.4 Å². The second-order valence-corrected chi connectivity index (χ2v) is 9.99. The van der Waals surface area contributed by atoms with E-state index in [0.717, 1.165) is 36.0 Å². The minimum atomic E-state index is -0.675. The lowest BCUT2D eigenvalue weighted by atomic mass is 9.97. The average molecular weight is 513 g/mol. The Hall–Kier alpha value is -3.73. The highest BCUT2D eigenvalue weighted by Crippen LogP contribution is 2.20. The molecule has 4 nitrogen and oxygen atoms in total. The number of benzene rings is 3. The summed E-state index contributed by atoms with van der Waals surface area (Å²) in [5, 5.41) is 3.12. The van der Waals surface area contributed by atoms with Crippen LogP contribution in [0.3, 0.4) is 0 Å². The van der Waals surface area contributed by atoms with Crippen LogP contribution in [0.2, 0.25) is 0 Å². The molecule has 0 bridgehead atoms. The summed E-state index contributed by atoms with van der Waals surface area (Å²) < 4.78 is 13.6. The van der Waals surface area contributed by atoms with Crippen molar-refractivity contribution in [2.75, 3.05) is 6.54 Å². The van der Waals surface area contributed by atoms with E-state index in [1.165, 1.54) is 30.5 Å². The molecular weight excluding hydrogens is 475 g/mol. The van der Waals surface area contributed by atoms with Gasteiger partial charge in [-0.2, -0.15) is 0 Å². The van der Waals surface area contributed by atoms with Crippen LogP contribution in [0.1, 0.15) is 55.2 Å². The van der Waals surface area contributed by atoms with Crippen LogP contribution in [0.15, 0.2) is 96.6 Å². The normalized spacial score (nSPS) is 13.9. The van der Waals surface area contributed by atoms with Gasteiger partial charge in [0.25, 0.3) is 0 Å². The van der Waals surface area contributed by atoms with Gasteiger partial charge in [0.15, 0.2) is 0 Å². The molecule has 0 saturated carbocycles. The molecule has 0 fully saturated rings. The van der Waals surface area contributed by atoms with Gasteiger partial charge in [0, 0.05) is 25.9 Å². The van der Waals surface area contributed by atoms with Crippen LogP contribution < -0.4 is 5.32 Å². The molecule has 0 spiro atoms. The highest BCUT2D eigenvalue weighted by Gasteiger charge is 2.30. The summed E-state index contributed by atoms with van der Waals surface area (Å²) in [5.74, 6) is -0.573. The number of carbonyl (C=O) groups excluding carboxylic acids is 2. The van der Waals surface area contributed by atoms with Crippen LogP contribution in [0.5, 0.6) is 0 Å². The first kappa shape index (κ1) is 27.3. The molecule has 198 valence electrons. The van der Waals surface area contributed by atoms with Crippen molar-refractivity contribution in [3.8, 4) is 0 Å². The average Bonchev–Trinajstić information content (AvgIpc) is 2.96. The van der Waals surface area contributed by atoms with Crippen molar-refractivity contribution in [3.63, 3.8) is 0 Å². The molecule has 3 aromatic rings. The van der Waals surface area contributed by atoms with Gasteiger partial charge in [-0.1, -0.05) is 84.4 Å². The van der Waals surface area contributed by atoms with Crippen LogP contribution in [-0.4, -0.2) is 29.3 Å². The molecule has 0 unspecified atom stereocenters. The van der Waals surface area contributed by atoms with Crippen molar-refractivity contribution in [1.82, 2.24) is 10.2 Å². The van der Waals surface area contributed by atoms with Crippen LogP contribution in [0.4, 0.5) is 4.39 Å². The molecule has 0 radical (unpaired) electrons. The molecule has 4 rings (SSSR count). The Morgan fingerprint density at radius 1 is 0.816 bits per heavy atom. The quantitative estimate of drug-likeness (QED) is 0.285. The highest BCUT2D eigenvalue weighted by atomic mass is 19.1. The molecule has 0 aromatic heterocycles. The first-order chi connectivity index (χ1) is 18.6. The molecule has 38 heavy (non-hydrogen) atoms. The van der Waals surface area contributed by atoms with E-state index in [1.54, 1.807) is 17.0 Å². The van der Waals surface area contributed by atoms with Crippen molar-refractivity contribution >= 4 is 11.8 Å². The number of allylic oxidation sites excluding steroid dienone is 1. The Labute approximate surface area is 225 Å². The number of aryl methyl sites for hydroxylation is 1. The Bertz CT molecular complexity index is 1190. The maximum Gasteiger partial charge on any atom is 0.243 e. The van der Waals surface area contributed by atoms with Gasteiger partial charge in [-0.15, -0.1) is 0 Å². The molecule has 0 heterocycles. The Morgan fingerprint density at radius 3 is 2.16 bits per heavy atom. The fraction of sp³-hybridized carbons (Fsp3) is 0.333. The Kier molecular flexibility index (Phi) is 10.3. The minimum Gasteiger partial charge on any atom is -0.354 e. The smallest absolute Gasteiger partial charge is 0.243 e. The molecule has 2 amide bonds. The lowest BCUT2D eigenvalue weighted by molar-refractivity contribution is -0.141. The predicted octanol–water partition coefficient (Wildman–Crippen LogP) is 6.41. The molecule has 0 aliphatic heterocycles. The number of halogens is 1. The van der Waals surface area contributed by atoms with Crippen molar-refractivity contribution in [1.29, 1.82) is 0 Å². The van der Waals surface area contributed by atoms with Crippen LogP contribution in [-0.2, 0) is 29.0 Å². The van der Waals surface area contributed by atoms with E-state index in [4.69, 9.17) is 0 Å². The predicted molar refractivity (Wildman–Crippen MR) is 150 cm³/mol. The summed E-state index contributed by atoms with van der Waals surface area (Å²) in [4.78, 5) is 29.1. The first-order valence-electron chi connectivity index (χ1n) is 13.7. The topological polar surface area (TPSA) is 49.4 Å². The lowest BCUT2D eigenvalue weighted by Crippen LogP contribution is -2.50. The fourth-order valence-corrected chi connectivity index (χ4v) is 4.98. The van der Waals surface area contributed by atoms with Crippen LogP contribution in [0, 0.1) is 5.82 Å². The van der Waals surface area contributed by atoms with Gasteiger partial charge in [0.1, 0.15) is 11.9 Å². The summed E-state index contributed by atoms with van der Waals surface area (Å²) in [6.45, 7) is 0.794. The SMILES string of the molecule is O=C(NCCC1=CCCCC1)[C@@H](Cc1ccccc1)N(Cc1ccc(F)cc1)C(=O)CCc1ccccc1. The third-order valence-corrected chi connectivity index (χ3v) is 7.14. The number of carbonyl (C=O) groups is 2. The highest BCUT2D eigenvalue weighted by molar-refractivity contribution is 5.88. The van der Waals surface area contributed by atoms with E-state index in [9.17, 15) is 14.0 Å². The first-order valence-corrected chi connectivity index (χ1v) is 13.7. The van der Waals surface area contributed by atoms with Crippen molar-refractivity contribution < 1.29 is 14.0 Å². The summed E-state index contributed by atoms with van der Waals surface area (Å²) in [6, 6.07) is 25.2. The molecule has 1 N–H and O–H groups in total. The summed E-state index contributed by atoms with van der Waals surface area (Å²) in [6.07, 6.45) is 9.07. The van der Waals surface area contributed by atoms with Gasteiger partial charge in [0.05, 0.1) is 0 Å². The van der Waals surface area contributed by atoms with E-state index in [1.807, 2.05) is 60.7 Å². The molecule has 1 atom stereocenters. The zero-order valence-corrected chi connectivity index (χ0v) is 22.0. The van der Waals surface area contributed by atoms with E-state index >= 15 is 0 Å². The van der Waals surface area contributed by atoms with Gasteiger partial charge in [0.2, 0.25) is 11.8 Å². The Balaban J connectivity index is 1.55. The number of nitrogens with one attached hydrogen (secondary N) is 1. The maximum absolute atomic E-state index is 13.7. The van der Waals surface area contributed by atoms with Crippen molar-refractivity contribution in [2.45, 2.75) is 64.0 Å². The summed E-state index contributed by atoms with van der Waals surface area (Å²) >= 11 is 0. The van der Waals surface area contributed by atoms with Crippen LogP contribution >= 0.6 is 0 Å². The molecule has 5 heteroatoms. The fourth-order valence-electron chi connectivity index (χ4n) is 4.98. The molecular formula is C33H37FN2O2. The number of hydrogen-bond acceptors (Lipinski definition) is 2. The van der Waals surface area contributed by atoms with E-state index < -0.39 is 6.04 Å². The molecule has 3 aromatic carbocycles. The zero-order chi connectivity index (χ0) is 26.6. The minimum absolute atomic E-state index is 0.0933. The standard InChI is InChI=1S/C33H37FN2O2/c34-30-19-16-29(17-20-30)25-36(32(37)21-18-26-10-4-1-5-11-26)31(24-28-14-8-3-9-15-28)33(38)35-23-22-27-12-6-2-7-13-27/h1,3-5,8-12,14-17,19-20,31H,2,6-7,13,18,21-25H2,(H,35,38)/t31-/m1/s1. The van der Waals surface area contributed by atoms with Gasteiger partial charge >= 0.3 is 0 Å². The Morgan fingerprint density at radius 2 is 1.50 bits per heavy atom. The second-order valence-electron chi connectivity index (χ2n) is 9.99. The van der Waals surface area contributed by atoms with Gasteiger partial charge < -0.3 is 10.2 Å². The number of hydrogen-bond donors (Lipinski definition) is 1. The van der Waals surface area contributed by atoms with Gasteiger partial charge in [-0.05, 0) is 67.3 Å². The van der Waals surface area contributed by atoms with E-state index in [-0.39, 0.29) is 30.6 Å². The lowest BCUT2D eigenvalue weighted by Gasteiger charge is -2.32. The summed E-state index contributed by atoms with van der Waals surface area (Å²) in [5.41, 5.74) is 4.26. The third kappa shape index (κ3) is 8.41. The second kappa shape index (κ2) is 14.3. The molecule has 0 saturated heterocycles. The largest absolute Gasteiger partial charge is 0.354 e. The number of rotatable bonds is 12. The van der Waals surface area contributed by atoms with Crippen molar-refractivity contribution in [3.05, 3.63) is 119 Å². The van der Waals surface area contributed by atoms with Crippen LogP contribution in [0.25, 0.3) is 0 Å². The van der Waals surface area contributed by atoms with Gasteiger partial charge in [-0.25, -0.2) is 4.39 Å². The number of amides is 2. The molecule has 1 aliphatic rings. The zero-order valence-electron chi connectivity index (χ0n) is 22.0. The monoisotopic (exact) mass is 512 g/mol.